The molecule has 0 aromatic rings. The lowest BCUT2D eigenvalue weighted by Gasteiger charge is -2.50. The summed E-state index contributed by atoms with van der Waals surface area (Å²) >= 11 is 0. The predicted molar refractivity (Wildman–Crippen MR) is 40.6 cm³/mol. The molecule has 0 saturated carbocycles. The SMILES string of the molecule is CO[C@@]12CC[C@](OC)(CO1)OC2. The molecule has 3 aliphatic rings. The average Bonchev–Trinajstić information content (AvgIpc) is 2.21. The van der Waals surface area contributed by atoms with Crippen molar-refractivity contribution in [2.24, 2.45) is 0 Å². The zero-order valence-corrected chi connectivity index (χ0v) is 7.46. The fourth-order valence-corrected chi connectivity index (χ4v) is 1.68. The van der Waals surface area contributed by atoms with E-state index in [1.54, 1.807) is 14.2 Å². The lowest BCUT2D eigenvalue weighted by Crippen LogP contribution is -2.61. The van der Waals surface area contributed by atoms with Crippen LogP contribution in [0.25, 0.3) is 0 Å². The minimum absolute atomic E-state index is 0.470. The number of hydrogen-bond acceptors (Lipinski definition) is 4. The van der Waals surface area contributed by atoms with E-state index in [1.165, 1.54) is 0 Å². The summed E-state index contributed by atoms with van der Waals surface area (Å²) in [4.78, 5) is 0. The van der Waals surface area contributed by atoms with Crippen molar-refractivity contribution < 1.29 is 18.9 Å². The summed E-state index contributed by atoms with van der Waals surface area (Å²) in [5.74, 6) is -0.999. The van der Waals surface area contributed by atoms with Crippen LogP contribution in [-0.2, 0) is 18.9 Å². The van der Waals surface area contributed by atoms with Crippen LogP contribution < -0.4 is 0 Å². The summed E-state index contributed by atoms with van der Waals surface area (Å²) in [6.45, 7) is 0.939. The zero-order valence-electron chi connectivity index (χ0n) is 7.46. The van der Waals surface area contributed by atoms with Gasteiger partial charge in [0.25, 0.3) is 0 Å². The minimum atomic E-state index is -0.500. The van der Waals surface area contributed by atoms with Crippen LogP contribution in [0.5, 0.6) is 0 Å². The van der Waals surface area contributed by atoms with Crippen molar-refractivity contribution in [1.29, 1.82) is 0 Å². The van der Waals surface area contributed by atoms with Crippen LogP contribution in [0, 0.1) is 0 Å². The van der Waals surface area contributed by atoms with Crippen LogP contribution >= 0.6 is 0 Å². The number of hydrogen-bond donors (Lipinski definition) is 0. The van der Waals surface area contributed by atoms with Crippen molar-refractivity contribution >= 4 is 0 Å². The molecule has 0 aliphatic carbocycles. The largest absolute Gasteiger partial charge is 0.351 e. The highest BCUT2D eigenvalue weighted by atomic mass is 16.8. The number of fused-ring (bicyclic) bond motifs is 3. The second kappa shape index (κ2) is 2.67. The Balaban J connectivity index is 2.09. The quantitative estimate of drug-likeness (QED) is 0.611. The molecule has 3 rings (SSSR count). The van der Waals surface area contributed by atoms with Crippen LogP contribution in [0.15, 0.2) is 0 Å². The lowest BCUT2D eigenvalue weighted by atomic mass is 9.97. The highest BCUT2D eigenvalue weighted by molar-refractivity contribution is 4.89. The van der Waals surface area contributed by atoms with Gasteiger partial charge in [0.1, 0.15) is 13.2 Å². The van der Waals surface area contributed by atoms with Gasteiger partial charge in [0.2, 0.25) is 0 Å². The molecule has 0 aromatic carbocycles. The number of rotatable bonds is 2. The van der Waals surface area contributed by atoms with Gasteiger partial charge in [0.05, 0.1) is 0 Å². The van der Waals surface area contributed by atoms with Crippen LogP contribution in [0.2, 0.25) is 0 Å². The van der Waals surface area contributed by atoms with E-state index in [2.05, 4.69) is 0 Å². The average molecular weight is 174 g/mol. The Morgan fingerprint density at radius 3 is 1.50 bits per heavy atom. The highest BCUT2D eigenvalue weighted by Gasteiger charge is 2.51. The topological polar surface area (TPSA) is 36.9 Å². The molecule has 70 valence electrons. The van der Waals surface area contributed by atoms with Crippen LogP contribution in [-0.4, -0.2) is 39.0 Å². The summed E-state index contributed by atoms with van der Waals surface area (Å²) in [5.41, 5.74) is 0. The van der Waals surface area contributed by atoms with E-state index in [-0.39, 0.29) is 0 Å². The molecule has 3 saturated heterocycles. The fraction of sp³-hybridized carbons (Fsp3) is 1.00. The molecule has 2 bridgehead atoms. The molecule has 0 spiro atoms. The normalized spacial score (nSPS) is 46.5. The molecule has 0 N–H and O–H groups in total. The Morgan fingerprint density at radius 1 is 0.917 bits per heavy atom. The Morgan fingerprint density at radius 2 is 1.33 bits per heavy atom. The molecular weight excluding hydrogens is 160 g/mol. The molecule has 3 heterocycles. The van der Waals surface area contributed by atoms with E-state index in [0.29, 0.717) is 13.2 Å². The van der Waals surface area contributed by atoms with E-state index in [0.717, 1.165) is 12.8 Å². The van der Waals surface area contributed by atoms with Gasteiger partial charge in [-0.15, -0.1) is 0 Å². The van der Waals surface area contributed by atoms with Crippen molar-refractivity contribution in [3.8, 4) is 0 Å². The maximum Gasteiger partial charge on any atom is 0.192 e. The van der Waals surface area contributed by atoms with Crippen LogP contribution in [0.1, 0.15) is 12.8 Å². The summed E-state index contributed by atoms with van der Waals surface area (Å²) in [6, 6.07) is 0. The van der Waals surface area contributed by atoms with Gasteiger partial charge < -0.3 is 18.9 Å². The molecule has 2 atom stereocenters. The van der Waals surface area contributed by atoms with E-state index in [1.807, 2.05) is 0 Å². The van der Waals surface area contributed by atoms with Gasteiger partial charge in [0, 0.05) is 27.1 Å². The third-order valence-electron chi connectivity index (χ3n) is 2.74. The van der Waals surface area contributed by atoms with E-state index < -0.39 is 11.6 Å². The van der Waals surface area contributed by atoms with Gasteiger partial charge in [-0.25, -0.2) is 0 Å². The first kappa shape index (κ1) is 8.44. The lowest BCUT2D eigenvalue weighted by molar-refractivity contribution is -0.413. The summed E-state index contributed by atoms with van der Waals surface area (Å²) in [7, 11) is 3.29. The monoisotopic (exact) mass is 174 g/mol. The fourth-order valence-electron chi connectivity index (χ4n) is 1.68. The van der Waals surface area contributed by atoms with Crippen LogP contribution in [0.4, 0.5) is 0 Å². The Bertz CT molecular complexity index is 135. The maximum absolute atomic E-state index is 5.54. The van der Waals surface area contributed by atoms with Crippen molar-refractivity contribution in [3.63, 3.8) is 0 Å². The molecule has 0 radical (unpaired) electrons. The summed E-state index contributed by atoms with van der Waals surface area (Å²) < 4.78 is 21.6. The van der Waals surface area contributed by atoms with Crippen molar-refractivity contribution in [3.05, 3.63) is 0 Å². The van der Waals surface area contributed by atoms with Gasteiger partial charge in [0.15, 0.2) is 11.6 Å². The molecule has 4 heteroatoms. The van der Waals surface area contributed by atoms with Crippen molar-refractivity contribution in [2.75, 3.05) is 27.4 Å². The van der Waals surface area contributed by atoms with Crippen molar-refractivity contribution in [2.45, 2.75) is 24.4 Å². The number of methoxy groups -OCH3 is 2. The van der Waals surface area contributed by atoms with Crippen LogP contribution in [0.3, 0.4) is 0 Å². The van der Waals surface area contributed by atoms with Gasteiger partial charge in [-0.2, -0.15) is 0 Å². The Kier molecular flexibility index (Phi) is 1.88. The molecule has 12 heavy (non-hydrogen) atoms. The zero-order chi connectivity index (χ0) is 8.66. The first-order valence-electron chi connectivity index (χ1n) is 4.12. The van der Waals surface area contributed by atoms with E-state index >= 15 is 0 Å². The standard InChI is InChI=1S/C8H14O4/c1-9-7-3-4-8(10-2,6-11-7)12-5-7/h3-6H2,1-2H3/t7-,8+. The Hall–Kier alpha value is -0.160. The third kappa shape index (κ3) is 1.07. The second-order valence-electron chi connectivity index (χ2n) is 3.31. The minimum Gasteiger partial charge on any atom is -0.351 e. The van der Waals surface area contributed by atoms with Gasteiger partial charge in [-0.05, 0) is 0 Å². The Labute approximate surface area is 71.7 Å². The van der Waals surface area contributed by atoms with E-state index in [4.69, 9.17) is 18.9 Å². The number of ether oxygens (including phenoxy) is 4. The molecule has 4 nitrogen and oxygen atoms in total. The molecule has 0 aromatic heterocycles. The van der Waals surface area contributed by atoms with Gasteiger partial charge >= 0.3 is 0 Å². The molecule has 3 aliphatic heterocycles. The first-order valence-corrected chi connectivity index (χ1v) is 4.12. The smallest absolute Gasteiger partial charge is 0.192 e. The van der Waals surface area contributed by atoms with Gasteiger partial charge in [-0.3, -0.25) is 0 Å². The molecule has 0 amide bonds. The van der Waals surface area contributed by atoms with Gasteiger partial charge in [-0.1, -0.05) is 0 Å². The van der Waals surface area contributed by atoms with Crippen molar-refractivity contribution in [1.82, 2.24) is 0 Å². The third-order valence-corrected chi connectivity index (χ3v) is 2.74. The second-order valence-corrected chi connectivity index (χ2v) is 3.31. The predicted octanol–water partition coefficient (Wildman–Crippen LogP) is 0.512. The molecular formula is C8H14O4. The molecule has 0 unspecified atom stereocenters. The first-order chi connectivity index (χ1) is 5.74. The summed E-state index contributed by atoms with van der Waals surface area (Å²) in [6.07, 6.45) is 1.69. The maximum atomic E-state index is 5.54. The van der Waals surface area contributed by atoms with E-state index in [9.17, 15) is 0 Å². The summed E-state index contributed by atoms with van der Waals surface area (Å²) in [5, 5.41) is 0. The highest BCUT2D eigenvalue weighted by Crippen LogP contribution is 2.40. The molecule has 3 fully saturated rings.